The van der Waals surface area contributed by atoms with Gasteiger partial charge in [-0.25, -0.2) is 0 Å². The molecule has 0 saturated carbocycles. The van der Waals surface area contributed by atoms with Crippen molar-refractivity contribution in [2.24, 2.45) is 0 Å². The Morgan fingerprint density at radius 2 is 1.59 bits per heavy atom. The van der Waals surface area contributed by atoms with E-state index in [1.165, 1.54) is 11.3 Å². The number of rotatable bonds is 3. The maximum absolute atomic E-state index is 14.3. The summed E-state index contributed by atoms with van der Waals surface area (Å²) in [7, 11) is 2.19. The number of fused-ring (bicyclic) bond motifs is 3. The van der Waals surface area contributed by atoms with Crippen molar-refractivity contribution in [3.8, 4) is 11.1 Å². The Labute approximate surface area is 241 Å². The number of nitrogens with zero attached hydrogens (tertiary/aromatic N) is 5. The van der Waals surface area contributed by atoms with Crippen molar-refractivity contribution in [1.82, 2.24) is 14.9 Å². The van der Waals surface area contributed by atoms with E-state index in [1.54, 1.807) is 0 Å². The van der Waals surface area contributed by atoms with Gasteiger partial charge in [0.05, 0.1) is 5.52 Å². The quantitative estimate of drug-likeness (QED) is 0.264. The van der Waals surface area contributed by atoms with E-state index in [2.05, 4.69) is 76.4 Å². The molecule has 0 aliphatic carbocycles. The van der Waals surface area contributed by atoms with E-state index in [9.17, 15) is 4.79 Å². The molecule has 6 heteroatoms. The topological polar surface area (TPSA) is 52.6 Å². The molecule has 2 aromatic heterocycles. The molecule has 2 aliphatic rings. The molecule has 3 aromatic carbocycles. The number of aromatic nitrogens is 2. The van der Waals surface area contributed by atoms with Crippen molar-refractivity contribution < 1.29 is 4.79 Å². The highest BCUT2D eigenvalue weighted by Gasteiger charge is 2.28. The first kappa shape index (κ1) is 25.7. The summed E-state index contributed by atoms with van der Waals surface area (Å²) >= 11 is 0. The maximum atomic E-state index is 14.3. The predicted octanol–water partition coefficient (Wildman–Crippen LogP) is 6.41. The Balaban J connectivity index is 1.29. The molecule has 7 rings (SSSR count). The van der Waals surface area contributed by atoms with Gasteiger partial charge in [-0.3, -0.25) is 14.8 Å². The molecule has 0 spiro atoms. The lowest BCUT2D eigenvalue weighted by molar-refractivity contribution is 0.0991. The second kappa shape index (κ2) is 10.3. The number of pyridine rings is 2. The molecule has 0 N–H and O–H groups in total. The average Bonchev–Trinajstić information content (AvgIpc) is 3.26. The highest BCUT2D eigenvalue weighted by molar-refractivity contribution is 6.17. The van der Waals surface area contributed by atoms with E-state index in [0.717, 1.165) is 94.5 Å². The molecule has 4 heterocycles. The summed E-state index contributed by atoms with van der Waals surface area (Å²) in [4.78, 5) is 30.4. The molecule has 0 unspecified atom stereocenters. The van der Waals surface area contributed by atoms with Gasteiger partial charge in [-0.1, -0.05) is 30.3 Å². The van der Waals surface area contributed by atoms with Crippen LogP contribution in [0.2, 0.25) is 0 Å². The summed E-state index contributed by atoms with van der Waals surface area (Å²) in [6.07, 6.45) is 3.90. The molecule has 2 aliphatic heterocycles. The third kappa shape index (κ3) is 4.62. The van der Waals surface area contributed by atoms with Gasteiger partial charge in [-0.2, -0.15) is 0 Å². The first-order chi connectivity index (χ1) is 20.0. The lowest BCUT2D eigenvalue weighted by Crippen LogP contribution is -2.29. The Bertz CT molecular complexity index is 1790. The number of aryl methyl sites for hydroxylation is 2. The summed E-state index contributed by atoms with van der Waals surface area (Å²) in [5.74, 6) is 0.0507. The molecule has 1 saturated heterocycles. The van der Waals surface area contributed by atoms with E-state index >= 15 is 0 Å². The van der Waals surface area contributed by atoms with E-state index in [-0.39, 0.29) is 5.91 Å². The highest BCUT2D eigenvalue weighted by atomic mass is 16.2. The SMILES string of the molecule is Cc1cc(-c2cccc3c(C(=O)N4CCc5cc6nccc(N7CCCN(C)CC7)c6cc54)cccc23)cc(C)n1. The number of anilines is 2. The zero-order valence-corrected chi connectivity index (χ0v) is 24.0. The molecule has 41 heavy (non-hydrogen) atoms. The molecule has 0 radical (unpaired) electrons. The lowest BCUT2D eigenvalue weighted by atomic mass is 9.95. The van der Waals surface area contributed by atoms with E-state index < -0.39 is 0 Å². The molecule has 0 atom stereocenters. The van der Waals surface area contributed by atoms with Gasteiger partial charge in [0.2, 0.25) is 0 Å². The van der Waals surface area contributed by atoms with Crippen LogP contribution in [0.3, 0.4) is 0 Å². The third-order valence-corrected chi connectivity index (χ3v) is 8.66. The fourth-order valence-electron chi connectivity index (χ4n) is 6.67. The van der Waals surface area contributed by atoms with Crippen LogP contribution in [-0.4, -0.2) is 60.5 Å². The van der Waals surface area contributed by atoms with Gasteiger partial charge >= 0.3 is 0 Å². The zero-order chi connectivity index (χ0) is 28.1. The predicted molar refractivity (Wildman–Crippen MR) is 168 cm³/mol. The van der Waals surface area contributed by atoms with Crippen LogP contribution in [-0.2, 0) is 6.42 Å². The van der Waals surface area contributed by atoms with Gasteiger partial charge in [-0.05, 0) is 104 Å². The molecule has 6 nitrogen and oxygen atoms in total. The van der Waals surface area contributed by atoms with Crippen molar-refractivity contribution in [2.45, 2.75) is 26.7 Å². The zero-order valence-electron chi connectivity index (χ0n) is 24.0. The monoisotopic (exact) mass is 541 g/mol. The normalized spacial score (nSPS) is 15.9. The van der Waals surface area contributed by atoms with Gasteiger partial charge in [0.15, 0.2) is 0 Å². The van der Waals surface area contributed by atoms with Crippen molar-refractivity contribution in [3.63, 3.8) is 0 Å². The minimum Gasteiger partial charge on any atom is -0.370 e. The molecular weight excluding hydrogens is 506 g/mol. The van der Waals surface area contributed by atoms with Gasteiger partial charge in [0.1, 0.15) is 0 Å². The van der Waals surface area contributed by atoms with E-state index in [4.69, 9.17) is 4.98 Å². The largest absolute Gasteiger partial charge is 0.370 e. The smallest absolute Gasteiger partial charge is 0.258 e. The van der Waals surface area contributed by atoms with Gasteiger partial charge in [-0.15, -0.1) is 0 Å². The molecule has 5 aromatic rings. The molecule has 1 amide bonds. The van der Waals surface area contributed by atoms with Crippen LogP contribution in [0.1, 0.15) is 33.7 Å². The van der Waals surface area contributed by atoms with E-state index in [1.807, 2.05) is 37.1 Å². The highest BCUT2D eigenvalue weighted by Crippen LogP contribution is 2.38. The third-order valence-electron chi connectivity index (χ3n) is 8.66. The van der Waals surface area contributed by atoms with Gasteiger partial charge in [0.25, 0.3) is 5.91 Å². The number of hydrogen-bond donors (Lipinski definition) is 0. The summed E-state index contributed by atoms with van der Waals surface area (Å²) in [5.41, 5.74) is 9.39. The van der Waals surface area contributed by atoms with Crippen LogP contribution in [0.25, 0.3) is 32.8 Å². The minimum atomic E-state index is 0.0507. The van der Waals surface area contributed by atoms with Crippen LogP contribution < -0.4 is 9.80 Å². The Hall–Kier alpha value is -4.29. The van der Waals surface area contributed by atoms with Crippen LogP contribution >= 0.6 is 0 Å². The van der Waals surface area contributed by atoms with Crippen molar-refractivity contribution in [1.29, 1.82) is 0 Å². The minimum absolute atomic E-state index is 0.0507. The first-order valence-electron chi connectivity index (χ1n) is 14.6. The van der Waals surface area contributed by atoms with Crippen molar-refractivity contribution in [2.75, 3.05) is 49.6 Å². The second-order valence-electron chi connectivity index (χ2n) is 11.5. The molecule has 206 valence electrons. The van der Waals surface area contributed by atoms with E-state index in [0.29, 0.717) is 6.54 Å². The summed E-state index contributed by atoms with van der Waals surface area (Å²) in [5, 5.41) is 3.19. The van der Waals surface area contributed by atoms with Crippen molar-refractivity contribution >= 4 is 39.0 Å². The lowest BCUT2D eigenvalue weighted by Gasteiger charge is -2.25. The number of hydrogen-bond acceptors (Lipinski definition) is 5. The average molecular weight is 542 g/mol. The number of carbonyl (C=O) groups excluding carboxylic acids is 1. The molecule has 0 bridgehead atoms. The Kier molecular flexibility index (Phi) is 6.43. The van der Waals surface area contributed by atoms with Crippen molar-refractivity contribution in [3.05, 3.63) is 95.4 Å². The molecule has 1 fully saturated rings. The summed E-state index contributed by atoms with van der Waals surface area (Å²) < 4.78 is 0. The number of carbonyl (C=O) groups is 1. The number of likely N-dealkylation sites (N-methyl/N-ethyl adjacent to an activating group) is 1. The maximum Gasteiger partial charge on any atom is 0.258 e. The van der Waals surface area contributed by atoms with Gasteiger partial charge < -0.3 is 14.7 Å². The van der Waals surface area contributed by atoms with Crippen LogP contribution in [0.15, 0.2) is 72.9 Å². The second-order valence-corrected chi connectivity index (χ2v) is 11.5. The Morgan fingerprint density at radius 3 is 2.44 bits per heavy atom. The summed E-state index contributed by atoms with van der Waals surface area (Å²) in [6.45, 7) is 8.90. The van der Waals surface area contributed by atoms with Crippen LogP contribution in [0, 0.1) is 13.8 Å². The fraction of sp³-hybridized carbons (Fsp3) is 0.286. The number of benzene rings is 3. The fourth-order valence-corrected chi connectivity index (χ4v) is 6.67. The van der Waals surface area contributed by atoms with Crippen LogP contribution in [0.5, 0.6) is 0 Å². The van der Waals surface area contributed by atoms with Gasteiger partial charge in [0, 0.05) is 66.1 Å². The summed E-state index contributed by atoms with van der Waals surface area (Å²) in [6, 6.07) is 23.1. The Morgan fingerprint density at radius 1 is 0.780 bits per heavy atom. The standard InChI is InChI=1S/C35H35N5O/c1-23-19-26(20-24(2)37-23)27-7-4-9-29-28(27)8-5-10-30(29)35(41)40-16-12-25-21-32-31(22-34(25)40)33(11-13-36-32)39-15-6-14-38(3)17-18-39/h4-5,7-11,13,19-22H,6,12,14-18H2,1-3H3. The van der Waals surface area contributed by atoms with Crippen LogP contribution in [0.4, 0.5) is 11.4 Å². The number of amides is 1. The molecular formula is C35H35N5O. The first-order valence-corrected chi connectivity index (χ1v) is 14.6.